The van der Waals surface area contributed by atoms with Crippen molar-refractivity contribution in [3.05, 3.63) is 29.8 Å². The lowest BCUT2D eigenvalue weighted by molar-refractivity contribution is 0.460. The lowest BCUT2D eigenvalue weighted by Crippen LogP contribution is -2.26. The second-order valence-corrected chi connectivity index (χ2v) is 5.38. The molecular formula is C11H15ClFNO2S. The third kappa shape index (κ3) is 3.66. The first kappa shape index (κ1) is 14.4. The fourth-order valence-electron chi connectivity index (χ4n) is 2.06. The summed E-state index contributed by atoms with van der Waals surface area (Å²) in [5.41, 5.74) is 1.09. The van der Waals surface area contributed by atoms with E-state index in [-0.39, 0.29) is 17.3 Å². The monoisotopic (exact) mass is 279 g/mol. The van der Waals surface area contributed by atoms with Crippen molar-refractivity contribution >= 4 is 22.6 Å². The SMILES string of the molecule is Cl.O=S(=O)(F)c1ccc(C2CCNCC2)cc1. The van der Waals surface area contributed by atoms with E-state index in [1.807, 2.05) is 0 Å². The van der Waals surface area contributed by atoms with Gasteiger partial charge in [-0.3, -0.25) is 0 Å². The zero-order chi connectivity index (χ0) is 11.6. The van der Waals surface area contributed by atoms with Crippen LogP contribution in [0, 0.1) is 0 Å². The standard InChI is InChI=1S/C11H14FNO2S.ClH/c12-16(14,15)11-3-1-9(2-4-11)10-5-7-13-8-6-10;/h1-4,10,13H,5-8H2;1H. The molecule has 0 aromatic heterocycles. The molecule has 0 radical (unpaired) electrons. The molecule has 1 aromatic carbocycles. The van der Waals surface area contributed by atoms with Crippen LogP contribution in [-0.4, -0.2) is 21.5 Å². The van der Waals surface area contributed by atoms with E-state index >= 15 is 0 Å². The van der Waals surface area contributed by atoms with Gasteiger partial charge < -0.3 is 5.32 Å². The van der Waals surface area contributed by atoms with Gasteiger partial charge >= 0.3 is 10.2 Å². The van der Waals surface area contributed by atoms with Gasteiger partial charge in [0.2, 0.25) is 0 Å². The lowest BCUT2D eigenvalue weighted by atomic mass is 9.90. The molecule has 1 saturated heterocycles. The van der Waals surface area contributed by atoms with Crippen molar-refractivity contribution in [2.45, 2.75) is 23.7 Å². The van der Waals surface area contributed by atoms with Crippen LogP contribution in [-0.2, 0) is 10.2 Å². The van der Waals surface area contributed by atoms with E-state index in [1.165, 1.54) is 12.1 Å². The number of nitrogens with one attached hydrogen (secondary N) is 1. The third-order valence-corrected chi connectivity index (χ3v) is 3.81. The number of rotatable bonds is 2. The summed E-state index contributed by atoms with van der Waals surface area (Å²) in [4.78, 5) is -0.259. The molecular weight excluding hydrogens is 265 g/mol. The molecule has 0 amide bonds. The van der Waals surface area contributed by atoms with Crippen LogP contribution >= 0.6 is 12.4 Å². The van der Waals surface area contributed by atoms with Gasteiger partial charge in [-0.15, -0.1) is 16.3 Å². The second kappa shape index (κ2) is 5.80. The summed E-state index contributed by atoms with van der Waals surface area (Å²) < 4.78 is 33.9. The van der Waals surface area contributed by atoms with Gasteiger partial charge in [0.25, 0.3) is 0 Å². The summed E-state index contributed by atoms with van der Waals surface area (Å²) in [5.74, 6) is 0.456. The van der Waals surface area contributed by atoms with E-state index in [9.17, 15) is 12.3 Å². The maximum atomic E-state index is 12.7. The third-order valence-electron chi connectivity index (χ3n) is 2.97. The van der Waals surface area contributed by atoms with Crippen LogP contribution in [0.3, 0.4) is 0 Å². The summed E-state index contributed by atoms with van der Waals surface area (Å²) in [6, 6.07) is 6.10. The molecule has 6 heteroatoms. The summed E-state index contributed by atoms with van der Waals surface area (Å²) in [7, 11) is -4.56. The highest BCUT2D eigenvalue weighted by Gasteiger charge is 2.16. The van der Waals surface area contributed by atoms with Crippen molar-refractivity contribution in [1.82, 2.24) is 5.32 Å². The van der Waals surface area contributed by atoms with Crippen molar-refractivity contribution < 1.29 is 12.3 Å². The molecule has 1 N–H and O–H groups in total. The Morgan fingerprint density at radius 1 is 1.12 bits per heavy atom. The van der Waals surface area contributed by atoms with Crippen molar-refractivity contribution in [3.8, 4) is 0 Å². The first-order chi connectivity index (χ1) is 7.57. The van der Waals surface area contributed by atoms with Crippen LogP contribution in [0.15, 0.2) is 29.2 Å². The molecule has 0 bridgehead atoms. The van der Waals surface area contributed by atoms with Crippen molar-refractivity contribution in [1.29, 1.82) is 0 Å². The number of hydrogen-bond acceptors (Lipinski definition) is 3. The Morgan fingerprint density at radius 3 is 2.12 bits per heavy atom. The normalized spacial score (nSPS) is 17.5. The predicted molar refractivity (Wildman–Crippen MR) is 66.8 cm³/mol. The molecule has 2 rings (SSSR count). The minimum absolute atomic E-state index is 0. The topological polar surface area (TPSA) is 46.2 Å². The Kier molecular flexibility index (Phi) is 4.91. The first-order valence-electron chi connectivity index (χ1n) is 5.33. The van der Waals surface area contributed by atoms with Gasteiger partial charge in [-0.25, -0.2) is 0 Å². The highest BCUT2D eigenvalue weighted by molar-refractivity contribution is 7.86. The molecule has 1 heterocycles. The lowest BCUT2D eigenvalue weighted by Gasteiger charge is -2.22. The van der Waals surface area contributed by atoms with Gasteiger partial charge in [-0.1, -0.05) is 12.1 Å². The predicted octanol–water partition coefficient (Wildman–Crippen LogP) is 2.23. The molecule has 0 spiro atoms. The average Bonchev–Trinajstić information content (AvgIpc) is 2.29. The van der Waals surface area contributed by atoms with Crippen LogP contribution in [0.25, 0.3) is 0 Å². The highest BCUT2D eigenvalue weighted by atomic mass is 35.5. The van der Waals surface area contributed by atoms with E-state index in [1.54, 1.807) is 12.1 Å². The maximum Gasteiger partial charge on any atom is 0.332 e. The second-order valence-electron chi connectivity index (χ2n) is 4.03. The smallest absolute Gasteiger partial charge is 0.317 e. The minimum Gasteiger partial charge on any atom is -0.317 e. The molecule has 17 heavy (non-hydrogen) atoms. The molecule has 0 atom stereocenters. The number of halogens is 2. The molecule has 0 aliphatic carbocycles. The zero-order valence-corrected chi connectivity index (χ0v) is 10.9. The van der Waals surface area contributed by atoms with Crippen LogP contribution in [0.2, 0.25) is 0 Å². The Balaban J connectivity index is 0.00000144. The van der Waals surface area contributed by atoms with Crippen LogP contribution in [0.1, 0.15) is 24.3 Å². The van der Waals surface area contributed by atoms with E-state index < -0.39 is 10.2 Å². The van der Waals surface area contributed by atoms with E-state index in [2.05, 4.69) is 5.32 Å². The molecule has 1 fully saturated rings. The van der Waals surface area contributed by atoms with Crippen molar-refractivity contribution in [3.63, 3.8) is 0 Å². The number of hydrogen-bond donors (Lipinski definition) is 1. The Labute approximate surface area is 107 Å². The quantitative estimate of drug-likeness (QED) is 0.845. The summed E-state index contributed by atoms with van der Waals surface area (Å²) >= 11 is 0. The minimum atomic E-state index is -4.56. The van der Waals surface area contributed by atoms with Crippen molar-refractivity contribution in [2.75, 3.05) is 13.1 Å². The van der Waals surface area contributed by atoms with Gasteiger partial charge in [0.05, 0.1) is 4.90 Å². The summed E-state index contributed by atoms with van der Waals surface area (Å²) in [6.07, 6.45) is 2.09. The summed E-state index contributed by atoms with van der Waals surface area (Å²) in [6.45, 7) is 1.96. The number of benzene rings is 1. The van der Waals surface area contributed by atoms with Crippen LogP contribution < -0.4 is 5.32 Å². The fourth-order valence-corrected chi connectivity index (χ4v) is 2.52. The van der Waals surface area contributed by atoms with Crippen molar-refractivity contribution in [2.24, 2.45) is 0 Å². The fraction of sp³-hybridized carbons (Fsp3) is 0.455. The molecule has 1 aliphatic rings. The summed E-state index contributed by atoms with van der Waals surface area (Å²) in [5, 5.41) is 3.26. The molecule has 1 aliphatic heterocycles. The van der Waals surface area contributed by atoms with Gasteiger partial charge in [0.15, 0.2) is 0 Å². The van der Waals surface area contributed by atoms with Gasteiger partial charge in [-0.05, 0) is 49.5 Å². The van der Waals surface area contributed by atoms with E-state index in [0.717, 1.165) is 31.5 Å². The molecule has 96 valence electrons. The zero-order valence-electron chi connectivity index (χ0n) is 9.23. The van der Waals surface area contributed by atoms with Crippen LogP contribution in [0.5, 0.6) is 0 Å². The average molecular weight is 280 g/mol. The first-order valence-corrected chi connectivity index (χ1v) is 6.71. The van der Waals surface area contributed by atoms with Gasteiger partial charge in [-0.2, -0.15) is 8.42 Å². The van der Waals surface area contributed by atoms with Gasteiger partial charge in [0.1, 0.15) is 0 Å². The van der Waals surface area contributed by atoms with Gasteiger partial charge in [0, 0.05) is 0 Å². The molecule has 0 saturated carbocycles. The molecule has 1 aromatic rings. The Morgan fingerprint density at radius 2 is 1.65 bits per heavy atom. The Bertz CT molecular complexity index is 455. The highest BCUT2D eigenvalue weighted by Crippen LogP contribution is 2.26. The Hall–Kier alpha value is -0.650. The number of piperidine rings is 1. The van der Waals surface area contributed by atoms with E-state index in [0.29, 0.717) is 5.92 Å². The maximum absolute atomic E-state index is 12.7. The largest absolute Gasteiger partial charge is 0.332 e. The van der Waals surface area contributed by atoms with Crippen LogP contribution in [0.4, 0.5) is 3.89 Å². The molecule has 3 nitrogen and oxygen atoms in total. The van der Waals surface area contributed by atoms with E-state index in [4.69, 9.17) is 0 Å². The molecule has 0 unspecified atom stereocenters.